The summed E-state index contributed by atoms with van der Waals surface area (Å²) < 4.78 is 6.93. The van der Waals surface area contributed by atoms with Crippen LogP contribution in [0.15, 0.2) is 12.3 Å². The quantitative estimate of drug-likeness (QED) is 0.852. The fourth-order valence-corrected chi connectivity index (χ4v) is 3.01. The molecule has 0 saturated heterocycles. The highest BCUT2D eigenvalue weighted by atomic mass is 32.1. The molecule has 22 heavy (non-hydrogen) atoms. The Bertz CT molecular complexity index is 629. The van der Waals surface area contributed by atoms with E-state index in [0.717, 1.165) is 16.1 Å². The molecule has 5 nitrogen and oxygen atoms in total. The van der Waals surface area contributed by atoms with Crippen molar-refractivity contribution < 1.29 is 9.53 Å². The first kappa shape index (κ1) is 18.2. The lowest BCUT2D eigenvalue weighted by atomic mass is 10.1. The molecule has 0 amide bonds. The third kappa shape index (κ3) is 3.68. The van der Waals surface area contributed by atoms with Crippen molar-refractivity contribution in [2.75, 3.05) is 12.3 Å². The molecule has 0 atom stereocenters. The van der Waals surface area contributed by atoms with Crippen LogP contribution in [0.5, 0.6) is 0 Å². The summed E-state index contributed by atoms with van der Waals surface area (Å²) in [6, 6.07) is 2.23. The molecular formula is C16H25N3O2S. The number of carbonyl (C=O) groups is 1. The number of aromatic nitrogens is 2. The minimum atomic E-state index is -0.367. The average Bonchev–Trinajstić information content (AvgIpc) is 3.06. The van der Waals surface area contributed by atoms with Crippen LogP contribution in [0.2, 0.25) is 0 Å². The number of nitrogens with zero attached hydrogens (tertiary/aromatic N) is 2. The lowest BCUT2D eigenvalue weighted by Gasteiger charge is -2.04. The average molecular weight is 323 g/mol. The molecule has 0 aliphatic carbocycles. The fourth-order valence-electron chi connectivity index (χ4n) is 1.98. The summed E-state index contributed by atoms with van der Waals surface area (Å²) in [6.45, 7) is 12.1. The van der Waals surface area contributed by atoms with Gasteiger partial charge in [0.05, 0.1) is 17.0 Å². The molecule has 2 N–H and O–H groups in total. The van der Waals surface area contributed by atoms with Crippen molar-refractivity contribution in [1.82, 2.24) is 9.78 Å². The topological polar surface area (TPSA) is 70.1 Å². The second kappa shape index (κ2) is 7.98. The molecule has 2 aromatic rings. The summed E-state index contributed by atoms with van der Waals surface area (Å²) in [5.74, 6) is -0.367. The number of nitrogen functional groups attached to an aromatic ring is 1. The van der Waals surface area contributed by atoms with E-state index in [1.165, 1.54) is 11.3 Å². The first-order valence-corrected chi connectivity index (χ1v) is 8.38. The maximum atomic E-state index is 11.9. The van der Waals surface area contributed by atoms with E-state index < -0.39 is 0 Å². The number of nitrogens with two attached hydrogens (primary N) is 1. The summed E-state index contributed by atoms with van der Waals surface area (Å²) in [4.78, 5) is 12.8. The molecule has 2 aromatic heterocycles. The molecule has 0 aromatic carbocycles. The summed E-state index contributed by atoms with van der Waals surface area (Å²) in [6.07, 6.45) is 1.93. The monoisotopic (exact) mass is 323 g/mol. The van der Waals surface area contributed by atoms with Crippen molar-refractivity contribution in [3.63, 3.8) is 0 Å². The van der Waals surface area contributed by atoms with Crippen molar-refractivity contribution in [2.45, 2.75) is 47.6 Å². The van der Waals surface area contributed by atoms with Gasteiger partial charge in [0.2, 0.25) is 0 Å². The van der Waals surface area contributed by atoms with Gasteiger partial charge in [0.15, 0.2) is 0 Å². The van der Waals surface area contributed by atoms with Crippen LogP contribution in [0, 0.1) is 6.92 Å². The molecule has 2 heterocycles. The molecule has 0 aliphatic heterocycles. The highest BCUT2D eigenvalue weighted by Gasteiger charge is 2.22. The number of rotatable bonds is 4. The van der Waals surface area contributed by atoms with E-state index in [4.69, 9.17) is 10.5 Å². The second-order valence-electron chi connectivity index (χ2n) is 4.79. The summed E-state index contributed by atoms with van der Waals surface area (Å²) in [5, 5.41) is 5.00. The Kier molecular flexibility index (Phi) is 6.61. The van der Waals surface area contributed by atoms with Gasteiger partial charge in [-0.05, 0) is 39.3 Å². The predicted molar refractivity (Wildman–Crippen MR) is 92.4 cm³/mol. The van der Waals surface area contributed by atoms with Gasteiger partial charge in [0, 0.05) is 12.2 Å². The number of thiophene rings is 1. The Morgan fingerprint density at radius 1 is 1.45 bits per heavy atom. The zero-order valence-corrected chi connectivity index (χ0v) is 15.0. The van der Waals surface area contributed by atoms with Gasteiger partial charge in [0.25, 0.3) is 0 Å². The summed E-state index contributed by atoms with van der Waals surface area (Å²) in [7, 11) is 0. The van der Waals surface area contributed by atoms with Crippen LogP contribution in [-0.4, -0.2) is 22.4 Å². The Morgan fingerprint density at radius 2 is 2.09 bits per heavy atom. The molecule has 0 spiro atoms. The minimum Gasteiger partial charge on any atom is -0.462 e. The maximum Gasteiger partial charge on any atom is 0.341 e. The number of esters is 1. The highest BCUT2D eigenvalue weighted by Crippen LogP contribution is 2.37. The van der Waals surface area contributed by atoms with Crippen LogP contribution in [0.1, 0.15) is 56.6 Å². The zero-order chi connectivity index (χ0) is 16.9. The first-order chi connectivity index (χ1) is 10.5. The van der Waals surface area contributed by atoms with Crippen LogP contribution < -0.4 is 5.73 Å². The minimum absolute atomic E-state index is 0.297. The van der Waals surface area contributed by atoms with E-state index in [1.807, 2.05) is 37.7 Å². The summed E-state index contributed by atoms with van der Waals surface area (Å²) >= 11 is 1.37. The Labute approximate surface area is 136 Å². The number of hydrogen-bond donors (Lipinski definition) is 1. The smallest absolute Gasteiger partial charge is 0.341 e. The van der Waals surface area contributed by atoms with Gasteiger partial charge < -0.3 is 10.5 Å². The predicted octanol–water partition coefficient (Wildman–Crippen LogP) is 4.29. The van der Waals surface area contributed by atoms with Crippen molar-refractivity contribution in [3.8, 4) is 10.6 Å². The van der Waals surface area contributed by atoms with E-state index >= 15 is 0 Å². The van der Waals surface area contributed by atoms with Crippen LogP contribution >= 0.6 is 11.3 Å². The van der Waals surface area contributed by atoms with Gasteiger partial charge in [-0.15, -0.1) is 11.3 Å². The molecule has 6 heteroatoms. The second-order valence-corrected chi connectivity index (χ2v) is 5.84. The van der Waals surface area contributed by atoms with Crippen LogP contribution in [0.25, 0.3) is 10.6 Å². The molecule has 0 aliphatic rings. The highest BCUT2D eigenvalue weighted by molar-refractivity contribution is 7.19. The van der Waals surface area contributed by atoms with Gasteiger partial charge in [0.1, 0.15) is 10.7 Å². The van der Waals surface area contributed by atoms with Crippen molar-refractivity contribution in [2.24, 2.45) is 0 Å². The Balaban J connectivity index is 0.00000116. The number of carbonyl (C=O) groups excluding carboxylic acids is 1. The van der Waals surface area contributed by atoms with Gasteiger partial charge in [-0.2, -0.15) is 5.10 Å². The normalized spacial score (nSPS) is 10.3. The Hall–Kier alpha value is -1.82. The SMILES string of the molecule is CC.CCOC(=O)c1c(N)sc(-c2ccn(C(C)C)n2)c1C. The molecule has 122 valence electrons. The van der Waals surface area contributed by atoms with Gasteiger partial charge in [-0.3, -0.25) is 4.68 Å². The van der Waals surface area contributed by atoms with E-state index in [2.05, 4.69) is 18.9 Å². The third-order valence-electron chi connectivity index (χ3n) is 3.02. The van der Waals surface area contributed by atoms with Crippen LogP contribution in [-0.2, 0) is 4.74 Å². The standard InChI is InChI=1S/C14H19N3O2S.C2H6/c1-5-19-14(18)11-9(4)12(20-13(11)15)10-6-7-17(16-10)8(2)3;1-2/h6-8H,5,15H2,1-4H3;1-2H3. The number of hydrogen-bond acceptors (Lipinski definition) is 5. The largest absolute Gasteiger partial charge is 0.462 e. The van der Waals surface area contributed by atoms with Crippen molar-refractivity contribution >= 4 is 22.3 Å². The fraction of sp³-hybridized carbons (Fsp3) is 0.500. The first-order valence-electron chi connectivity index (χ1n) is 7.57. The molecule has 0 radical (unpaired) electrons. The van der Waals surface area contributed by atoms with E-state index in [0.29, 0.717) is 23.2 Å². The molecule has 0 saturated carbocycles. The lowest BCUT2D eigenvalue weighted by molar-refractivity contribution is 0.0527. The van der Waals surface area contributed by atoms with Gasteiger partial charge >= 0.3 is 5.97 Å². The number of ether oxygens (including phenoxy) is 1. The van der Waals surface area contributed by atoms with Crippen LogP contribution in [0.3, 0.4) is 0 Å². The third-order valence-corrected chi connectivity index (χ3v) is 4.17. The zero-order valence-electron chi connectivity index (χ0n) is 14.1. The van der Waals surface area contributed by atoms with Crippen LogP contribution in [0.4, 0.5) is 5.00 Å². The van der Waals surface area contributed by atoms with E-state index in [-0.39, 0.29) is 5.97 Å². The van der Waals surface area contributed by atoms with Crippen molar-refractivity contribution in [3.05, 3.63) is 23.4 Å². The molecule has 2 rings (SSSR count). The molecular weight excluding hydrogens is 298 g/mol. The number of anilines is 1. The van der Waals surface area contributed by atoms with Gasteiger partial charge in [-0.1, -0.05) is 13.8 Å². The van der Waals surface area contributed by atoms with E-state index in [1.54, 1.807) is 6.92 Å². The Morgan fingerprint density at radius 3 is 2.59 bits per heavy atom. The maximum absolute atomic E-state index is 11.9. The summed E-state index contributed by atoms with van der Waals surface area (Å²) in [5.41, 5.74) is 8.09. The molecule has 0 bridgehead atoms. The lowest BCUT2D eigenvalue weighted by Crippen LogP contribution is -2.07. The van der Waals surface area contributed by atoms with Gasteiger partial charge in [-0.25, -0.2) is 4.79 Å². The molecule has 0 unspecified atom stereocenters. The van der Waals surface area contributed by atoms with E-state index in [9.17, 15) is 4.79 Å². The molecule has 0 fully saturated rings. The van der Waals surface area contributed by atoms with Crippen molar-refractivity contribution in [1.29, 1.82) is 0 Å².